The predicted molar refractivity (Wildman–Crippen MR) is 140 cm³/mol. The van der Waals surface area contributed by atoms with E-state index in [1.807, 2.05) is 10.7 Å². The van der Waals surface area contributed by atoms with Gasteiger partial charge in [-0.05, 0) is 36.3 Å². The van der Waals surface area contributed by atoms with Crippen LogP contribution in [0.1, 0.15) is 65.3 Å². The van der Waals surface area contributed by atoms with E-state index in [4.69, 9.17) is 27.0 Å². The Labute approximate surface area is 206 Å². The van der Waals surface area contributed by atoms with Crippen molar-refractivity contribution < 1.29 is 8.85 Å². The average molecular weight is 507 g/mol. The molecule has 2 aromatic heterocycles. The van der Waals surface area contributed by atoms with E-state index in [0.717, 1.165) is 11.3 Å². The molecule has 2 heterocycles. The topological polar surface area (TPSA) is 53.0 Å². The molecule has 2 aromatic rings. The van der Waals surface area contributed by atoms with E-state index >= 15 is 0 Å². The maximum atomic E-state index is 7.91. The van der Waals surface area contributed by atoms with E-state index in [1.165, 1.54) is 0 Å². The first-order valence-electron chi connectivity index (χ1n) is 11.6. The second-order valence-corrected chi connectivity index (χ2v) is 22.5. The molecule has 0 N–H and O–H groups in total. The van der Waals surface area contributed by atoms with Gasteiger partial charge in [0.2, 0.25) is 0 Å². The lowest BCUT2D eigenvalue weighted by Crippen LogP contribution is -2.49. The van der Waals surface area contributed by atoms with Crippen molar-refractivity contribution in [2.45, 2.75) is 95.7 Å². The molecule has 0 spiro atoms. The molecule has 0 bridgehead atoms. The van der Waals surface area contributed by atoms with Gasteiger partial charge >= 0.3 is 0 Å². The van der Waals surface area contributed by atoms with Crippen molar-refractivity contribution in [3.63, 3.8) is 0 Å². The Morgan fingerprint density at radius 3 is 2.06 bits per heavy atom. The van der Waals surface area contributed by atoms with Gasteiger partial charge in [0, 0.05) is 31.9 Å². The van der Waals surface area contributed by atoms with Crippen LogP contribution in [0.15, 0.2) is 12.3 Å². The molecule has 1 aliphatic rings. The minimum atomic E-state index is -2.04. The fraction of sp³-hybridized carbons (Fsp3) is 0.708. The van der Waals surface area contributed by atoms with Gasteiger partial charge in [0.05, 0.1) is 16.7 Å². The summed E-state index contributed by atoms with van der Waals surface area (Å²) >= 11 is 6.29. The van der Waals surface area contributed by atoms with Gasteiger partial charge in [0.25, 0.3) is 6.04 Å². The second kappa shape index (κ2) is 8.45. The average Bonchev–Trinajstić information content (AvgIpc) is 3.20. The maximum Gasteiger partial charge on any atom is 0.253 e. The highest BCUT2D eigenvalue weighted by molar-refractivity contribution is 6.74. The number of halogens is 1. The highest BCUT2D eigenvalue weighted by atomic mass is 35.5. The first-order chi connectivity index (χ1) is 14.9. The van der Waals surface area contributed by atoms with Crippen molar-refractivity contribution in [1.82, 2.24) is 14.6 Å². The van der Waals surface area contributed by atoms with E-state index < -0.39 is 22.0 Å². The standard InChI is InChI=1S/C24H39ClN4O2Si2/c1-22(2,3)32(8,9)30-15-24(16-31-33(10,11)23(4,5)6)13-18(26-7)17-14-27-20-12-19(25)28-29(20)21(17)24/h12,14,18H,13,15-16H2,1-6,8-11H3. The molecule has 0 aromatic carbocycles. The van der Waals surface area contributed by atoms with E-state index in [1.54, 1.807) is 6.07 Å². The van der Waals surface area contributed by atoms with Gasteiger partial charge in [-0.25, -0.2) is 16.1 Å². The van der Waals surface area contributed by atoms with E-state index in [0.29, 0.717) is 30.4 Å². The van der Waals surface area contributed by atoms with Crippen LogP contribution in [0.4, 0.5) is 0 Å². The summed E-state index contributed by atoms with van der Waals surface area (Å²) < 4.78 is 15.5. The molecule has 0 amide bonds. The van der Waals surface area contributed by atoms with Crippen molar-refractivity contribution in [1.29, 1.82) is 0 Å². The van der Waals surface area contributed by atoms with Crippen molar-refractivity contribution in [2.75, 3.05) is 13.2 Å². The lowest BCUT2D eigenvalue weighted by Gasteiger charge is -2.42. The van der Waals surface area contributed by atoms with Crippen LogP contribution in [0.3, 0.4) is 0 Å². The zero-order chi connectivity index (χ0) is 25.0. The summed E-state index contributed by atoms with van der Waals surface area (Å²) in [4.78, 5) is 8.51. The smallest absolute Gasteiger partial charge is 0.253 e. The zero-order valence-corrected chi connectivity index (χ0v) is 24.6. The molecule has 9 heteroatoms. The summed E-state index contributed by atoms with van der Waals surface area (Å²) in [5.41, 5.74) is 2.08. The molecule has 3 rings (SSSR count). The second-order valence-electron chi connectivity index (χ2n) is 12.5. The summed E-state index contributed by atoms with van der Waals surface area (Å²) in [6, 6.07) is 1.46. The number of rotatable bonds is 6. The van der Waals surface area contributed by atoms with Crippen molar-refractivity contribution >= 4 is 33.9 Å². The zero-order valence-electron chi connectivity index (χ0n) is 21.8. The van der Waals surface area contributed by atoms with Crippen molar-refractivity contribution in [2.24, 2.45) is 0 Å². The first kappa shape index (κ1) is 26.4. The van der Waals surface area contributed by atoms with E-state index in [9.17, 15) is 0 Å². The third-order valence-corrected chi connectivity index (χ3v) is 17.3. The molecular weight excluding hydrogens is 468 g/mol. The van der Waals surface area contributed by atoms with Crippen LogP contribution < -0.4 is 0 Å². The van der Waals surface area contributed by atoms with Crippen molar-refractivity contribution in [3.05, 3.63) is 40.1 Å². The molecule has 6 nitrogen and oxygen atoms in total. The third-order valence-electron chi connectivity index (χ3n) is 8.11. The molecule has 0 fully saturated rings. The van der Waals surface area contributed by atoms with Crippen LogP contribution in [0.2, 0.25) is 41.4 Å². The Hall–Kier alpha value is -1.25. The SMILES string of the molecule is [C-]#[N+]C1CC(CO[Si](C)(C)C(C)(C)C)(CO[Si](C)(C)C(C)(C)C)c2c1cnc1cc(Cl)nn21. The van der Waals surface area contributed by atoms with E-state index in [2.05, 4.69) is 82.7 Å². The monoisotopic (exact) mass is 506 g/mol. The molecule has 33 heavy (non-hydrogen) atoms. The number of hydrogen-bond donors (Lipinski definition) is 0. The molecule has 0 saturated carbocycles. The summed E-state index contributed by atoms with van der Waals surface area (Å²) in [6.45, 7) is 31.5. The Morgan fingerprint density at radius 1 is 1.09 bits per heavy atom. The highest BCUT2D eigenvalue weighted by Gasteiger charge is 2.53. The van der Waals surface area contributed by atoms with Crippen LogP contribution in [-0.2, 0) is 14.3 Å². The number of aromatic nitrogens is 3. The van der Waals surface area contributed by atoms with E-state index in [-0.39, 0.29) is 16.1 Å². The summed E-state index contributed by atoms with van der Waals surface area (Å²) in [5, 5.41) is 5.12. The lowest BCUT2D eigenvalue weighted by atomic mass is 9.86. The first-order valence-corrected chi connectivity index (χ1v) is 17.8. The molecule has 182 valence electrons. The molecule has 1 unspecified atom stereocenters. The van der Waals surface area contributed by atoms with Crippen molar-refractivity contribution in [3.8, 4) is 0 Å². The summed E-state index contributed by atoms with van der Waals surface area (Å²) in [5.74, 6) is 0. The van der Waals surface area contributed by atoms with Gasteiger partial charge in [-0.1, -0.05) is 53.1 Å². The van der Waals surface area contributed by atoms with Crippen LogP contribution in [0.25, 0.3) is 10.5 Å². The van der Waals surface area contributed by atoms with Crippen LogP contribution in [0, 0.1) is 6.57 Å². The summed E-state index contributed by atoms with van der Waals surface area (Å²) in [7, 11) is -4.08. The quantitative estimate of drug-likeness (QED) is 0.311. The van der Waals surface area contributed by atoms with Crippen LogP contribution in [-0.4, -0.2) is 44.4 Å². The fourth-order valence-corrected chi connectivity index (χ4v) is 6.07. The molecule has 0 radical (unpaired) electrons. The Bertz CT molecular complexity index is 1050. The Kier molecular flexibility index (Phi) is 6.75. The fourth-order valence-electron chi connectivity index (χ4n) is 3.75. The summed E-state index contributed by atoms with van der Waals surface area (Å²) in [6.07, 6.45) is 2.46. The highest BCUT2D eigenvalue weighted by Crippen LogP contribution is 2.50. The Morgan fingerprint density at radius 2 is 1.61 bits per heavy atom. The van der Waals surface area contributed by atoms with Gasteiger partial charge < -0.3 is 13.7 Å². The normalized spacial score (nSPS) is 19.0. The minimum absolute atomic E-state index is 0.0810. The maximum absolute atomic E-state index is 7.91. The third kappa shape index (κ3) is 4.80. The van der Waals surface area contributed by atoms with Gasteiger partial charge in [0.1, 0.15) is 0 Å². The largest absolute Gasteiger partial charge is 0.416 e. The minimum Gasteiger partial charge on any atom is -0.416 e. The molecule has 1 atom stereocenters. The number of fused-ring (bicyclic) bond motifs is 3. The molecule has 0 aliphatic heterocycles. The number of hydrogen-bond acceptors (Lipinski definition) is 4. The van der Waals surface area contributed by atoms with Gasteiger partial charge in [-0.15, -0.1) is 0 Å². The number of nitrogens with zero attached hydrogens (tertiary/aromatic N) is 4. The molecular formula is C24H39ClN4O2Si2. The van der Waals surface area contributed by atoms with Crippen LogP contribution >= 0.6 is 11.6 Å². The van der Waals surface area contributed by atoms with Gasteiger partial charge in [-0.2, -0.15) is 5.10 Å². The molecule has 0 saturated heterocycles. The van der Waals surface area contributed by atoms with Gasteiger partial charge in [0.15, 0.2) is 27.4 Å². The predicted octanol–water partition coefficient (Wildman–Crippen LogP) is 7.03. The van der Waals surface area contributed by atoms with Crippen LogP contribution in [0.5, 0.6) is 0 Å². The lowest BCUT2D eigenvalue weighted by molar-refractivity contribution is 0.119. The van der Waals surface area contributed by atoms with Gasteiger partial charge in [-0.3, -0.25) is 0 Å². The Balaban J connectivity index is 2.14. The molecule has 1 aliphatic carbocycles.